The Morgan fingerprint density at radius 2 is 2.11 bits per heavy atom. The first kappa shape index (κ1) is 13.3. The van der Waals surface area contributed by atoms with Gasteiger partial charge in [-0.3, -0.25) is 14.5 Å². The van der Waals surface area contributed by atoms with Crippen LogP contribution in [0.3, 0.4) is 0 Å². The van der Waals surface area contributed by atoms with Crippen molar-refractivity contribution in [3.63, 3.8) is 0 Å². The number of nitrogens with one attached hydrogen (secondary N) is 1. The third-order valence-electron chi connectivity index (χ3n) is 3.80. The van der Waals surface area contributed by atoms with Crippen molar-refractivity contribution in [1.82, 2.24) is 15.1 Å². The number of amides is 2. The summed E-state index contributed by atoms with van der Waals surface area (Å²) in [5, 5.41) is 2.84. The van der Waals surface area contributed by atoms with Gasteiger partial charge in [0.2, 0.25) is 5.91 Å². The third-order valence-corrected chi connectivity index (χ3v) is 3.80. The standard InChI is InChI=1S/C12H21N3O3/c1-12(2,18-3)11(17)15-7-6-14-5-4-13-10(16)9(14)8-15/h9H,4-8H2,1-3H3,(H,13,16)/t9-/m1/s1. The van der Waals surface area contributed by atoms with E-state index in [-0.39, 0.29) is 17.9 Å². The summed E-state index contributed by atoms with van der Waals surface area (Å²) in [7, 11) is 1.53. The maximum Gasteiger partial charge on any atom is 0.254 e. The van der Waals surface area contributed by atoms with Crippen LogP contribution in [0.4, 0.5) is 0 Å². The number of fused-ring (bicyclic) bond motifs is 1. The molecular formula is C12H21N3O3. The van der Waals surface area contributed by atoms with Gasteiger partial charge >= 0.3 is 0 Å². The lowest BCUT2D eigenvalue weighted by molar-refractivity contribution is -0.155. The maximum absolute atomic E-state index is 12.3. The van der Waals surface area contributed by atoms with E-state index < -0.39 is 5.60 Å². The molecule has 2 amide bonds. The fraction of sp³-hybridized carbons (Fsp3) is 0.833. The zero-order valence-corrected chi connectivity index (χ0v) is 11.2. The number of carbonyl (C=O) groups excluding carboxylic acids is 2. The summed E-state index contributed by atoms with van der Waals surface area (Å²) in [5.41, 5.74) is -0.826. The summed E-state index contributed by atoms with van der Waals surface area (Å²) in [4.78, 5) is 27.9. The Kier molecular flexibility index (Phi) is 3.59. The quantitative estimate of drug-likeness (QED) is 0.691. The van der Waals surface area contributed by atoms with Gasteiger partial charge in [-0.2, -0.15) is 0 Å². The zero-order chi connectivity index (χ0) is 13.3. The average molecular weight is 255 g/mol. The van der Waals surface area contributed by atoms with Crippen LogP contribution < -0.4 is 5.32 Å². The van der Waals surface area contributed by atoms with Crippen molar-refractivity contribution in [2.75, 3.05) is 39.8 Å². The predicted octanol–water partition coefficient (Wildman–Crippen LogP) is -0.946. The van der Waals surface area contributed by atoms with E-state index in [2.05, 4.69) is 10.2 Å². The minimum Gasteiger partial charge on any atom is -0.369 e. The summed E-state index contributed by atoms with van der Waals surface area (Å²) < 4.78 is 5.21. The van der Waals surface area contributed by atoms with Gasteiger partial charge in [-0.25, -0.2) is 0 Å². The molecule has 0 aromatic heterocycles. The van der Waals surface area contributed by atoms with E-state index in [0.29, 0.717) is 19.6 Å². The molecule has 0 spiro atoms. The largest absolute Gasteiger partial charge is 0.369 e. The number of hydrogen-bond donors (Lipinski definition) is 1. The summed E-state index contributed by atoms with van der Waals surface area (Å²) in [6.45, 7) is 6.95. The van der Waals surface area contributed by atoms with Crippen LogP contribution in [0.25, 0.3) is 0 Å². The van der Waals surface area contributed by atoms with Gasteiger partial charge in [0.25, 0.3) is 5.91 Å². The molecule has 2 rings (SSSR count). The highest BCUT2D eigenvalue weighted by atomic mass is 16.5. The van der Waals surface area contributed by atoms with E-state index in [9.17, 15) is 9.59 Å². The van der Waals surface area contributed by atoms with E-state index in [1.807, 2.05) is 0 Å². The van der Waals surface area contributed by atoms with Crippen molar-refractivity contribution in [1.29, 1.82) is 0 Å². The highest BCUT2D eigenvalue weighted by Crippen LogP contribution is 2.18. The highest BCUT2D eigenvalue weighted by molar-refractivity contribution is 5.87. The van der Waals surface area contributed by atoms with Crippen LogP contribution in [0.1, 0.15) is 13.8 Å². The number of ether oxygens (including phenoxy) is 1. The molecule has 0 aliphatic carbocycles. The average Bonchev–Trinajstić information content (AvgIpc) is 2.38. The minimum atomic E-state index is -0.826. The van der Waals surface area contributed by atoms with E-state index in [1.54, 1.807) is 18.7 Å². The lowest BCUT2D eigenvalue weighted by Gasteiger charge is -2.44. The molecule has 102 valence electrons. The third kappa shape index (κ3) is 2.35. The van der Waals surface area contributed by atoms with Crippen molar-refractivity contribution < 1.29 is 14.3 Å². The first-order valence-corrected chi connectivity index (χ1v) is 6.32. The maximum atomic E-state index is 12.3. The van der Waals surface area contributed by atoms with Crippen molar-refractivity contribution in [3.05, 3.63) is 0 Å². The van der Waals surface area contributed by atoms with E-state index in [0.717, 1.165) is 13.1 Å². The van der Waals surface area contributed by atoms with Gasteiger partial charge in [0.05, 0.1) is 0 Å². The van der Waals surface area contributed by atoms with Crippen LogP contribution in [0.2, 0.25) is 0 Å². The van der Waals surface area contributed by atoms with Gasteiger partial charge in [-0.05, 0) is 13.8 Å². The van der Waals surface area contributed by atoms with Crippen molar-refractivity contribution in [2.24, 2.45) is 0 Å². The van der Waals surface area contributed by atoms with Crippen molar-refractivity contribution >= 4 is 11.8 Å². The predicted molar refractivity (Wildman–Crippen MR) is 66.0 cm³/mol. The highest BCUT2D eigenvalue weighted by Gasteiger charge is 2.40. The molecule has 0 bridgehead atoms. The van der Waals surface area contributed by atoms with Gasteiger partial charge in [0.15, 0.2) is 0 Å². The van der Waals surface area contributed by atoms with Crippen LogP contribution in [-0.2, 0) is 14.3 Å². The van der Waals surface area contributed by atoms with Gasteiger partial charge in [0.1, 0.15) is 11.6 Å². The molecule has 0 radical (unpaired) electrons. The summed E-state index contributed by atoms with van der Waals surface area (Å²) in [5.74, 6) is -0.0306. The Morgan fingerprint density at radius 1 is 1.39 bits per heavy atom. The summed E-state index contributed by atoms with van der Waals surface area (Å²) in [6, 6.07) is -0.205. The first-order valence-electron chi connectivity index (χ1n) is 6.32. The summed E-state index contributed by atoms with van der Waals surface area (Å²) in [6.07, 6.45) is 0. The number of piperazine rings is 2. The molecule has 2 saturated heterocycles. The molecule has 0 unspecified atom stereocenters. The van der Waals surface area contributed by atoms with E-state index in [4.69, 9.17) is 4.74 Å². The van der Waals surface area contributed by atoms with Crippen LogP contribution >= 0.6 is 0 Å². The molecule has 2 fully saturated rings. The smallest absolute Gasteiger partial charge is 0.254 e. The molecule has 1 atom stereocenters. The van der Waals surface area contributed by atoms with Crippen LogP contribution in [0, 0.1) is 0 Å². The number of methoxy groups -OCH3 is 1. The number of nitrogens with zero attached hydrogens (tertiary/aromatic N) is 2. The molecule has 0 aromatic rings. The Labute approximate surface area is 107 Å². The lowest BCUT2D eigenvalue weighted by atomic mass is 10.0. The van der Waals surface area contributed by atoms with Crippen molar-refractivity contribution in [3.8, 4) is 0 Å². The Morgan fingerprint density at radius 3 is 2.78 bits per heavy atom. The van der Waals surface area contributed by atoms with Gasteiger partial charge < -0.3 is 15.0 Å². The lowest BCUT2D eigenvalue weighted by Crippen LogP contribution is -2.66. The molecule has 2 heterocycles. The SMILES string of the molecule is COC(C)(C)C(=O)N1CCN2CCNC(=O)[C@H]2C1. The van der Waals surface area contributed by atoms with Gasteiger partial charge in [-0.1, -0.05) is 0 Å². The Balaban J connectivity index is 2.05. The molecule has 2 aliphatic rings. The van der Waals surface area contributed by atoms with Gasteiger partial charge in [-0.15, -0.1) is 0 Å². The number of rotatable bonds is 2. The number of hydrogen-bond acceptors (Lipinski definition) is 4. The molecule has 1 N–H and O–H groups in total. The second-order valence-corrected chi connectivity index (χ2v) is 5.31. The second kappa shape index (κ2) is 4.85. The fourth-order valence-corrected chi connectivity index (χ4v) is 2.43. The van der Waals surface area contributed by atoms with E-state index in [1.165, 1.54) is 7.11 Å². The van der Waals surface area contributed by atoms with Crippen LogP contribution in [0.5, 0.6) is 0 Å². The fourth-order valence-electron chi connectivity index (χ4n) is 2.43. The molecule has 18 heavy (non-hydrogen) atoms. The summed E-state index contributed by atoms with van der Waals surface area (Å²) >= 11 is 0. The molecule has 0 saturated carbocycles. The molecule has 0 aromatic carbocycles. The van der Waals surface area contributed by atoms with Gasteiger partial charge in [0, 0.05) is 39.8 Å². The van der Waals surface area contributed by atoms with Crippen LogP contribution in [-0.4, -0.2) is 73.1 Å². The van der Waals surface area contributed by atoms with E-state index >= 15 is 0 Å². The molecule has 6 heteroatoms. The normalized spacial score (nSPS) is 25.6. The first-order chi connectivity index (χ1) is 8.45. The Hall–Kier alpha value is -1.14. The molecule has 2 aliphatic heterocycles. The van der Waals surface area contributed by atoms with Crippen molar-refractivity contribution in [2.45, 2.75) is 25.5 Å². The second-order valence-electron chi connectivity index (χ2n) is 5.31. The number of carbonyl (C=O) groups is 2. The topological polar surface area (TPSA) is 61.9 Å². The minimum absolute atomic E-state index is 0.0222. The molecular weight excluding hydrogens is 234 g/mol. The molecule has 6 nitrogen and oxygen atoms in total. The van der Waals surface area contributed by atoms with Crippen LogP contribution in [0.15, 0.2) is 0 Å². The monoisotopic (exact) mass is 255 g/mol. The zero-order valence-electron chi connectivity index (χ0n) is 11.2. The Bertz CT molecular complexity index is 356.